The molecule has 9 heteroatoms. The molecule has 0 aliphatic carbocycles. The maximum Gasteiger partial charge on any atom is 0.324 e. The molecule has 0 radical (unpaired) electrons. The summed E-state index contributed by atoms with van der Waals surface area (Å²) in [5.41, 5.74) is 1.57. The van der Waals surface area contributed by atoms with Gasteiger partial charge in [0.1, 0.15) is 30.8 Å². The summed E-state index contributed by atoms with van der Waals surface area (Å²) < 4.78 is 44.1. The van der Waals surface area contributed by atoms with Gasteiger partial charge in [-0.15, -0.1) is 0 Å². The van der Waals surface area contributed by atoms with Crippen LogP contribution < -0.4 is 14.2 Å². The van der Waals surface area contributed by atoms with Crippen molar-refractivity contribution in [1.29, 1.82) is 0 Å². The summed E-state index contributed by atoms with van der Waals surface area (Å²) in [7, 11) is -2.42. The highest BCUT2D eigenvalue weighted by molar-refractivity contribution is 7.89. The quantitative estimate of drug-likeness (QED) is 0.414. The first-order chi connectivity index (χ1) is 16.3. The zero-order valence-electron chi connectivity index (χ0n) is 19.3. The van der Waals surface area contributed by atoms with Crippen LogP contribution in [0.4, 0.5) is 0 Å². The number of esters is 1. The molecule has 8 nitrogen and oxygen atoms in total. The normalized spacial score (nSPS) is 12.2. The molecule has 2 aromatic carbocycles. The summed E-state index contributed by atoms with van der Waals surface area (Å²) in [6.07, 6.45) is 1.71. The van der Waals surface area contributed by atoms with E-state index >= 15 is 0 Å². The zero-order chi connectivity index (χ0) is 24.6. The van der Waals surface area contributed by atoms with Gasteiger partial charge in [-0.2, -0.15) is 4.72 Å². The van der Waals surface area contributed by atoms with Crippen molar-refractivity contribution in [2.24, 2.45) is 5.92 Å². The van der Waals surface area contributed by atoms with E-state index in [2.05, 4.69) is 9.71 Å². The fourth-order valence-corrected chi connectivity index (χ4v) is 4.35. The van der Waals surface area contributed by atoms with E-state index in [-0.39, 0.29) is 17.4 Å². The number of nitrogens with zero attached hydrogens (tertiary/aromatic N) is 1. The standard InChI is InChI=1S/C25H28N2O6S/c1-18(2)24(27-34(29,30)23-13-11-21(31-3)12-14-23)25(28)33-16-19-7-9-22(10-8-19)32-17-20-6-4-5-15-26-20/h4-15,18,24,27H,16-17H2,1-3H3/t24-/m0/s1. The van der Waals surface area contributed by atoms with Crippen molar-refractivity contribution in [2.75, 3.05) is 7.11 Å². The van der Waals surface area contributed by atoms with Crippen LogP contribution in [0.25, 0.3) is 0 Å². The van der Waals surface area contributed by atoms with Gasteiger partial charge >= 0.3 is 5.97 Å². The molecule has 1 N–H and O–H groups in total. The van der Waals surface area contributed by atoms with Crippen LogP contribution in [0.5, 0.6) is 11.5 Å². The van der Waals surface area contributed by atoms with E-state index < -0.39 is 22.0 Å². The number of carbonyl (C=O) groups excluding carboxylic acids is 1. The third kappa shape index (κ3) is 7.03. The summed E-state index contributed by atoms with van der Waals surface area (Å²) in [4.78, 5) is 16.9. The molecule has 1 atom stereocenters. The van der Waals surface area contributed by atoms with Crippen LogP contribution in [0.1, 0.15) is 25.1 Å². The monoisotopic (exact) mass is 484 g/mol. The molecule has 1 heterocycles. The van der Waals surface area contributed by atoms with Gasteiger partial charge in [0.25, 0.3) is 0 Å². The van der Waals surface area contributed by atoms with Gasteiger partial charge < -0.3 is 14.2 Å². The molecule has 0 unspecified atom stereocenters. The molecular formula is C25H28N2O6S. The lowest BCUT2D eigenvalue weighted by molar-refractivity contribution is -0.148. The molecule has 1 aromatic heterocycles. The molecule has 3 rings (SSSR count). The first-order valence-electron chi connectivity index (χ1n) is 10.7. The minimum absolute atomic E-state index is 0.00678. The molecule has 0 spiro atoms. The number of hydrogen-bond acceptors (Lipinski definition) is 7. The second-order valence-corrected chi connectivity index (χ2v) is 9.59. The number of hydrogen-bond donors (Lipinski definition) is 1. The van der Waals surface area contributed by atoms with Crippen LogP contribution >= 0.6 is 0 Å². The lowest BCUT2D eigenvalue weighted by Crippen LogP contribution is -2.45. The number of methoxy groups -OCH3 is 1. The Morgan fingerprint density at radius 3 is 2.21 bits per heavy atom. The Labute approximate surface area is 199 Å². The Hall–Kier alpha value is -3.43. The van der Waals surface area contributed by atoms with Gasteiger partial charge in [-0.05, 0) is 60.0 Å². The van der Waals surface area contributed by atoms with E-state index in [1.165, 1.54) is 19.2 Å². The second-order valence-electron chi connectivity index (χ2n) is 7.88. The number of carbonyl (C=O) groups is 1. The van der Waals surface area contributed by atoms with Crippen molar-refractivity contribution in [1.82, 2.24) is 9.71 Å². The predicted molar refractivity (Wildman–Crippen MR) is 127 cm³/mol. The summed E-state index contributed by atoms with van der Waals surface area (Å²) >= 11 is 0. The zero-order valence-corrected chi connectivity index (χ0v) is 20.1. The largest absolute Gasteiger partial charge is 0.497 e. The van der Waals surface area contributed by atoms with Gasteiger partial charge in [-0.25, -0.2) is 8.42 Å². The molecule has 34 heavy (non-hydrogen) atoms. The lowest BCUT2D eigenvalue weighted by atomic mass is 10.1. The van der Waals surface area contributed by atoms with Crippen molar-refractivity contribution in [2.45, 2.75) is 38.0 Å². The number of rotatable bonds is 11. The number of benzene rings is 2. The highest BCUT2D eigenvalue weighted by Gasteiger charge is 2.29. The molecule has 0 saturated heterocycles. The van der Waals surface area contributed by atoms with E-state index in [1.54, 1.807) is 56.4 Å². The minimum Gasteiger partial charge on any atom is -0.497 e. The molecule has 0 fully saturated rings. The first kappa shape index (κ1) is 25.2. The van der Waals surface area contributed by atoms with Gasteiger partial charge in [0.15, 0.2) is 0 Å². The van der Waals surface area contributed by atoms with Crippen molar-refractivity contribution in [3.05, 3.63) is 84.2 Å². The third-order valence-electron chi connectivity index (χ3n) is 4.99. The van der Waals surface area contributed by atoms with Crippen molar-refractivity contribution in [3.63, 3.8) is 0 Å². The van der Waals surface area contributed by atoms with Crippen LogP contribution in [-0.4, -0.2) is 32.5 Å². The van der Waals surface area contributed by atoms with Gasteiger partial charge in [0.2, 0.25) is 10.0 Å². The van der Waals surface area contributed by atoms with Crippen molar-refractivity contribution < 1.29 is 27.4 Å². The average molecular weight is 485 g/mol. The first-order valence-corrected chi connectivity index (χ1v) is 12.2. The Bertz CT molecular complexity index is 1160. The van der Waals surface area contributed by atoms with Crippen LogP contribution in [0.15, 0.2) is 77.8 Å². The molecule has 0 aliphatic rings. The third-order valence-corrected chi connectivity index (χ3v) is 6.45. The molecule has 0 aliphatic heterocycles. The van der Waals surface area contributed by atoms with Gasteiger partial charge in [0, 0.05) is 6.20 Å². The molecule has 0 saturated carbocycles. The number of pyridine rings is 1. The summed E-state index contributed by atoms with van der Waals surface area (Å²) in [5.74, 6) is 0.227. The van der Waals surface area contributed by atoms with Gasteiger partial charge in [-0.1, -0.05) is 32.0 Å². The summed E-state index contributed by atoms with van der Waals surface area (Å²) in [5, 5.41) is 0. The summed E-state index contributed by atoms with van der Waals surface area (Å²) in [6, 6.07) is 17.6. The SMILES string of the molecule is COc1ccc(S(=O)(=O)N[C@H](C(=O)OCc2ccc(OCc3ccccn3)cc2)C(C)C)cc1. The van der Waals surface area contributed by atoms with Crippen LogP contribution in [-0.2, 0) is 32.8 Å². The predicted octanol–water partition coefficient (Wildman–Crippen LogP) is 3.72. The molecule has 0 bridgehead atoms. The number of nitrogens with one attached hydrogen (secondary N) is 1. The van der Waals surface area contributed by atoms with E-state index in [4.69, 9.17) is 14.2 Å². The van der Waals surface area contributed by atoms with Gasteiger partial charge in [-0.3, -0.25) is 9.78 Å². The fourth-order valence-electron chi connectivity index (χ4n) is 3.01. The number of aromatic nitrogens is 1. The average Bonchev–Trinajstić information content (AvgIpc) is 2.85. The highest BCUT2D eigenvalue weighted by Crippen LogP contribution is 2.18. The van der Waals surface area contributed by atoms with E-state index in [1.807, 2.05) is 18.2 Å². The van der Waals surface area contributed by atoms with Crippen molar-refractivity contribution in [3.8, 4) is 11.5 Å². The topological polar surface area (TPSA) is 104 Å². The minimum atomic E-state index is -3.92. The molecule has 3 aromatic rings. The fraction of sp³-hybridized carbons (Fsp3) is 0.280. The Balaban J connectivity index is 1.56. The van der Waals surface area contributed by atoms with E-state index in [0.29, 0.717) is 18.1 Å². The van der Waals surface area contributed by atoms with E-state index in [0.717, 1.165) is 11.3 Å². The van der Waals surface area contributed by atoms with Gasteiger partial charge in [0.05, 0.1) is 17.7 Å². The molecule has 180 valence electrons. The Kier molecular flexibility index (Phi) is 8.61. The smallest absolute Gasteiger partial charge is 0.324 e. The lowest BCUT2D eigenvalue weighted by Gasteiger charge is -2.21. The number of sulfonamides is 1. The maximum atomic E-state index is 12.7. The number of ether oxygens (including phenoxy) is 3. The highest BCUT2D eigenvalue weighted by atomic mass is 32.2. The maximum absolute atomic E-state index is 12.7. The molecule has 0 amide bonds. The Morgan fingerprint density at radius 2 is 1.62 bits per heavy atom. The van der Waals surface area contributed by atoms with Crippen molar-refractivity contribution >= 4 is 16.0 Å². The second kappa shape index (κ2) is 11.6. The van der Waals surface area contributed by atoms with Crippen LogP contribution in [0.3, 0.4) is 0 Å². The van der Waals surface area contributed by atoms with Crippen LogP contribution in [0.2, 0.25) is 0 Å². The van der Waals surface area contributed by atoms with Crippen LogP contribution in [0, 0.1) is 5.92 Å². The summed E-state index contributed by atoms with van der Waals surface area (Å²) in [6.45, 7) is 3.85. The molecular weight excluding hydrogens is 456 g/mol. The van der Waals surface area contributed by atoms with E-state index in [9.17, 15) is 13.2 Å². The Morgan fingerprint density at radius 1 is 0.941 bits per heavy atom.